The lowest BCUT2D eigenvalue weighted by Crippen LogP contribution is -2.34. The first kappa shape index (κ1) is 10.8. The summed E-state index contributed by atoms with van der Waals surface area (Å²) in [6.45, 7) is -0.501. The highest BCUT2D eigenvalue weighted by Crippen LogP contribution is 2.30. The van der Waals surface area contributed by atoms with Crippen LogP contribution < -0.4 is 4.90 Å². The van der Waals surface area contributed by atoms with Crippen LogP contribution in [0, 0.1) is 0 Å². The first-order valence-corrected chi connectivity index (χ1v) is 5.17. The number of nitrogens with zero attached hydrogens (tertiary/aromatic N) is 1. The zero-order valence-electron chi connectivity index (χ0n) is 7.94. The Hall–Kier alpha value is -1.69. The largest absolute Gasteiger partial charge is 0.480 e. The zero-order valence-corrected chi connectivity index (χ0v) is 9.52. The Morgan fingerprint density at radius 1 is 1.38 bits per heavy atom. The van der Waals surface area contributed by atoms with Crippen LogP contribution in [-0.4, -0.2) is 29.3 Å². The molecule has 0 radical (unpaired) electrons. The number of anilines is 1. The third-order valence-electron chi connectivity index (χ3n) is 2.23. The minimum absolute atomic E-state index is 0.237. The molecule has 0 fully saturated rings. The van der Waals surface area contributed by atoms with Crippen molar-refractivity contribution in [3.63, 3.8) is 0 Å². The maximum Gasteiger partial charge on any atom is 0.323 e. The molecule has 0 aliphatic carbocycles. The molecule has 0 unspecified atom stereocenters. The molecule has 0 spiro atoms. The Morgan fingerprint density at radius 2 is 2.06 bits per heavy atom. The molecule has 1 N–H and O–H groups in total. The number of benzene rings is 1. The molecule has 1 aromatic rings. The molecule has 16 heavy (non-hydrogen) atoms. The maximum atomic E-state index is 11.5. The summed E-state index contributed by atoms with van der Waals surface area (Å²) >= 11 is 3.18. The number of fused-ring (bicyclic) bond motifs is 1. The van der Waals surface area contributed by atoms with Gasteiger partial charge in [0.2, 0.25) is 0 Å². The van der Waals surface area contributed by atoms with Gasteiger partial charge in [0.15, 0.2) is 0 Å². The highest BCUT2D eigenvalue weighted by atomic mass is 79.9. The van der Waals surface area contributed by atoms with Crippen molar-refractivity contribution >= 4 is 39.3 Å². The number of carboxylic acids is 1. The molecule has 1 aliphatic heterocycles. The topological polar surface area (TPSA) is 74.7 Å². The minimum Gasteiger partial charge on any atom is -0.480 e. The fourth-order valence-electron chi connectivity index (χ4n) is 1.56. The molecule has 1 amide bonds. The normalized spacial score (nSPS) is 14.2. The Balaban J connectivity index is 2.50. The fraction of sp³-hybridized carbons (Fsp3) is 0.100. The van der Waals surface area contributed by atoms with Crippen LogP contribution in [0.3, 0.4) is 0 Å². The Morgan fingerprint density at radius 3 is 2.69 bits per heavy atom. The molecule has 0 atom stereocenters. The number of hydrogen-bond acceptors (Lipinski definition) is 3. The van der Waals surface area contributed by atoms with E-state index in [4.69, 9.17) is 5.11 Å². The van der Waals surface area contributed by atoms with E-state index in [0.29, 0.717) is 10.2 Å². The summed E-state index contributed by atoms with van der Waals surface area (Å²) in [5, 5.41) is 8.64. The number of ketones is 1. The van der Waals surface area contributed by atoms with Gasteiger partial charge in [-0.05, 0) is 18.2 Å². The summed E-state index contributed by atoms with van der Waals surface area (Å²) in [4.78, 5) is 34.6. The number of carbonyl (C=O) groups excluding carboxylic acids is 2. The van der Waals surface area contributed by atoms with Gasteiger partial charge in [0.1, 0.15) is 6.54 Å². The standard InChI is InChI=1S/C10H6BrNO4/c11-5-1-2-7-6(3-5)9(15)10(16)12(7)4-8(13)14/h1-3H,4H2,(H,13,14). The second-order valence-corrected chi connectivity index (χ2v) is 4.19. The molecule has 6 heteroatoms. The average Bonchev–Trinajstić information content (AvgIpc) is 2.43. The predicted molar refractivity (Wildman–Crippen MR) is 58.5 cm³/mol. The summed E-state index contributed by atoms with van der Waals surface area (Å²) in [7, 11) is 0. The number of amides is 1. The second-order valence-electron chi connectivity index (χ2n) is 3.28. The molecule has 0 bridgehead atoms. The van der Waals surface area contributed by atoms with E-state index in [1.807, 2.05) is 0 Å². The van der Waals surface area contributed by atoms with Crippen LogP contribution in [0.2, 0.25) is 0 Å². The minimum atomic E-state index is -1.16. The van der Waals surface area contributed by atoms with Gasteiger partial charge in [-0.1, -0.05) is 15.9 Å². The first-order chi connectivity index (χ1) is 7.50. The molecule has 82 valence electrons. The van der Waals surface area contributed by atoms with Crippen LogP contribution in [0.25, 0.3) is 0 Å². The van der Waals surface area contributed by atoms with E-state index in [2.05, 4.69) is 15.9 Å². The van der Waals surface area contributed by atoms with E-state index in [9.17, 15) is 14.4 Å². The Labute approximate surface area is 98.8 Å². The highest BCUT2D eigenvalue weighted by molar-refractivity contribution is 9.10. The lowest BCUT2D eigenvalue weighted by Gasteiger charge is -2.12. The first-order valence-electron chi connectivity index (χ1n) is 4.38. The molecular formula is C10H6BrNO4. The van der Waals surface area contributed by atoms with Gasteiger partial charge in [-0.25, -0.2) is 0 Å². The Bertz CT molecular complexity index is 512. The highest BCUT2D eigenvalue weighted by Gasteiger charge is 2.36. The van der Waals surface area contributed by atoms with Crippen LogP contribution in [0.1, 0.15) is 10.4 Å². The molecule has 5 nitrogen and oxygen atoms in total. The van der Waals surface area contributed by atoms with Gasteiger partial charge in [-0.15, -0.1) is 0 Å². The lowest BCUT2D eigenvalue weighted by molar-refractivity contribution is -0.136. The van der Waals surface area contributed by atoms with E-state index in [0.717, 1.165) is 4.90 Å². The third-order valence-corrected chi connectivity index (χ3v) is 2.72. The van der Waals surface area contributed by atoms with E-state index in [1.54, 1.807) is 12.1 Å². The molecule has 1 heterocycles. The van der Waals surface area contributed by atoms with Crippen LogP contribution in [0.15, 0.2) is 22.7 Å². The van der Waals surface area contributed by atoms with Crippen molar-refractivity contribution in [2.45, 2.75) is 0 Å². The van der Waals surface area contributed by atoms with Gasteiger partial charge in [-0.2, -0.15) is 0 Å². The zero-order chi connectivity index (χ0) is 11.9. The molecule has 1 aliphatic rings. The number of carboxylic acid groups (broad SMARTS) is 1. The molecule has 2 rings (SSSR count). The van der Waals surface area contributed by atoms with Crippen molar-refractivity contribution in [3.8, 4) is 0 Å². The van der Waals surface area contributed by atoms with E-state index >= 15 is 0 Å². The number of carbonyl (C=O) groups is 3. The lowest BCUT2D eigenvalue weighted by atomic mass is 10.1. The van der Waals surface area contributed by atoms with Gasteiger partial charge in [0.05, 0.1) is 11.3 Å². The van der Waals surface area contributed by atoms with Crippen molar-refractivity contribution < 1.29 is 19.5 Å². The second kappa shape index (κ2) is 3.71. The summed E-state index contributed by atoms with van der Waals surface area (Å²) < 4.78 is 0.671. The van der Waals surface area contributed by atoms with Crippen LogP contribution in [-0.2, 0) is 9.59 Å². The maximum absolute atomic E-state index is 11.5. The van der Waals surface area contributed by atoms with E-state index in [1.165, 1.54) is 6.07 Å². The van der Waals surface area contributed by atoms with Gasteiger partial charge in [-0.3, -0.25) is 19.3 Å². The number of rotatable bonds is 2. The summed E-state index contributed by atoms with van der Waals surface area (Å²) in [6.07, 6.45) is 0. The monoisotopic (exact) mass is 283 g/mol. The van der Waals surface area contributed by atoms with Crippen molar-refractivity contribution in [1.82, 2.24) is 0 Å². The van der Waals surface area contributed by atoms with Gasteiger partial charge in [0, 0.05) is 4.47 Å². The van der Waals surface area contributed by atoms with Crippen molar-refractivity contribution in [2.75, 3.05) is 11.4 Å². The molecule has 1 aromatic carbocycles. The fourth-order valence-corrected chi connectivity index (χ4v) is 1.93. The SMILES string of the molecule is O=C(O)CN1C(=O)C(=O)c2cc(Br)ccc21. The number of hydrogen-bond donors (Lipinski definition) is 1. The number of aliphatic carboxylic acids is 1. The summed E-state index contributed by atoms with van der Waals surface area (Å²) in [5.74, 6) is -2.62. The predicted octanol–water partition coefficient (Wildman–Crippen LogP) is 1.06. The average molecular weight is 284 g/mol. The molecule has 0 saturated carbocycles. The van der Waals surface area contributed by atoms with Crippen molar-refractivity contribution in [2.24, 2.45) is 0 Å². The van der Waals surface area contributed by atoms with Crippen molar-refractivity contribution in [3.05, 3.63) is 28.2 Å². The molecule has 0 saturated heterocycles. The summed E-state index contributed by atoms with van der Waals surface area (Å²) in [6, 6.07) is 4.71. The summed E-state index contributed by atoms with van der Waals surface area (Å²) in [5.41, 5.74) is 0.584. The Kier molecular flexibility index (Phi) is 2.51. The van der Waals surface area contributed by atoms with Crippen LogP contribution in [0.5, 0.6) is 0 Å². The van der Waals surface area contributed by atoms with Crippen molar-refractivity contribution in [1.29, 1.82) is 0 Å². The van der Waals surface area contributed by atoms with Crippen LogP contribution in [0.4, 0.5) is 5.69 Å². The number of halogens is 1. The van der Waals surface area contributed by atoms with E-state index < -0.39 is 24.2 Å². The quantitative estimate of drug-likeness (QED) is 0.824. The van der Waals surface area contributed by atoms with Gasteiger partial charge in [0.25, 0.3) is 11.7 Å². The third kappa shape index (κ3) is 1.61. The van der Waals surface area contributed by atoms with Gasteiger partial charge < -0.3 is 5.11 Å². The van der Waals surface area contributed by atoms with E-state index in [-0.39, 0.29) is 5.56 Å². The molecular weight excluding hydrogens is 278 g/mol. The number of Topliss-reactive ketones (excluding diaryl/α,β-unsaturated/α-hetero) is 1. The van der Waals surface area contributed by atoms with Gasteiger partial charge >= 0.3 is 5.97 Å². The smallest absolute Gasteiger partial charge is 0.323 e. The van der Waals surface area contributed by atoms with Crippen LogP contribution >= 0.6 is 15.9 Å². The molecule has 0 aromatic heterocycles.